The van der Waals surface area contributed by atoms with E-state index in [-0.39, 0.29) is 24.0 Å². The van der Waals surface area contributed by atoms with E-state index in [0.717, 1.165) is 37.7 Å². The highest BCUT2D eigenvalue weighted by Crippen LogP contribution is 2.18. The highest BCUT2D eigenvalue weighted by molar-refractivity contribution is 14.0. The molecule has 0 radical (unpaired) electrons. The zero-order chi connectivity index (χ0) is 21.4. The molecule has 6 nitrogen and oxygen atoms in total. The molecule has 0 amide bonds. The first kappa shape index (κ1) is 26.4. The molecule has 1 aromatic carbocycles. The van der Waals surface area contributed by atoms with Crippen LogP contribution in [0.15, 0.2) is 41.5 Å². The van der Waals surface area contributed by atoms with Crippen LogP contribution < -0.4 is 5.32 Å². The van der Waals surface area contributed by atoms with E-state index in [1.165, 1.54) is 11.1 Å². The van der Waals surface area contributed by atoms with Crippen molar-refractivity contribution < 1.29 is 0 Å². The maximum Gasteiger partial charge on any atom is 0.193 e. The molecule has 0 saturated heterocycles. The third kappa shape index (κ3) is 7.91. The van der Waals surface area contributed by atoms with Crippen LogP contribution in [0.1, 0.15) is 49.9 Å². The number of nitrogens with zero attached hydrogens (tertiary/aromatic N) is 5. The predicted molar refractivity (Wildman–Crippen MR) is 138 cm³/mol. The molecular formula is C23H39IN6. The molecule has 0 aliphatic heterocycles. The van der Waals surface area contributed by atoms with E-state index in [0.29, 0.717) is 12.0 Å². The Morgan fingerprint density at radius 2 is 1.80 bits per heavy atom. The maximum absolute atomic E-state index is 4.61. The van der Waals surface area contributed by atoms with E-state index in [1.807, 2.05) is 18.8 Å². The van der Waals surface area contributed by atoms with Crippen molar-refractivity contribution >= 4 is 29.9 Å². The largest absolute Gasteiger partial charge is 0.356 e. The minimum atomic E-state index is 0. The molecule has 0 fully saturated rings. The van der Waals surface area contributed by atoms with E-state index in [9.17, 15) is 0 Å². The number of halogens is 1. The lowest BCUT2D eigenvalue weighted by Crippen LogP contribution is -2.40. The van der Waals surface area contributed by atoms with Gasteiger partial charge in [0.25, 0.3) is 0 Å². The van der Waals surface area contributed by atoms with E-state index in [2.05, 4.69) is 96.6 Å². The molecule has 0 bridgehead atoms. The molecule has 168 valence electrons. The second-order valence-corrected chi connectivity index (χ2v) is 8.24. The van der Waals surface area contributed by atoms with Crippen molar-refractivity contribution in [3.8, 4) is 0 Å². The molecule has 2 aromatic rings. The molecule has 30 heavy (non-hydrogen) atoms. The smallest absolute Gasteiger partial charge is 0.193 e. The van der Waals surface area contributed by atoms with Gasteiger partial charge in [-0.2, -0.15) is 5.10 Å². The Morgan fingerprint density at radius 1 is 1.13 bits per heavy atom. The first-order valence-corrected chi connectivity index (χ1v) is 10.5. The van der Waals surface area contributed by atoms with Gasteiger partial charge in [-0.15, -0.1) is 24.0 Å². The highest BCUT2D eigenvalue weighted by Gasteiger charge is 2.15. The fourth-order valence-corrected chi connectivity index (χ4v) is 3.52. The van der Waals surface area contributed by atoms with Gasteiger partial charge in [0.15, 0.2) is 5.96 Å². The molecule has 0 aliphatic rings. The maximum atomic E-state index is 4.61. The number of nitrogens with one attached hydrogen (secondary N) is 1. The summed E-state index contributed by atoms with van der Waals surface area (Å²) in [7, 11) is 8.10. The van der Waals surface area contributed by atoms with Crippen LogP contribution in [0.3, 0.4) is 0 Å². The van der Waals surface area contributed by atoms with Crippen LogP contribution in [-0.4, -0.2) is 59.3 Å². The Hall–Kier alpha value is -1.61. The Balaban J connectivity index is 0.00000450. The second-order valence-electron chi connectivity index (χ2n) is 8.24. The lowest BCUT2D eigenvalue weighted by atomic mass is 10.1. The van der Waals surface area contributed by atoms with Gasteiger partial charge in [-0.05, 0) is 31.9 Å². The van der Waals surface area contributed by atoms with Crippen molar-refractivity contribution in [2.24, 2.45) is 12.0 Å². The van der Waals surface area contributed by atoms with Crippen LogP contribution >= 0.6 is 24.0 Å². The second kappa shape index (κ2) is 12.9. The monoisotopic (exact) mass is 526 g/mol. The van der Waals surface area contributed by atoms with Crippen molar-refractivity contribution in [1.82, 2.24) is 24.9 Å². The first-order valence-electron chi connectivity index (χ1n) is 10.5. The summed E-state index contributed by atoms with van der Waals surface area (Å²) in [5.74, 6) is 1.33. The van der Waals surface area contributed by atoms with Gasteiger partial charge in [-0.3, -0.25) is 14.6 Å². The Labute approximate surface area is 199 Å². The third-order valence-corrected chi connectivity index (χ3v) is 5.34. The summed E-state index contributed by atoms with van der Waals surface area (Å²) in [6, 6.07) is 11.1. The number of rotatable bonds is 9. The van der Waals surface area contributed by atoms with Crippen LogP contribution in [-0.2, 0) is 20.1 Å². The van der Waals surface area contributed by atoms with Gasteiger partial charge in [-0.1, -0.05) is 44.2 Å². The molecule has 0 aliphatic carbocycles. The molecule has 0 spiro atoms. The van der Waals surface area contributed by atoms with Crippen molar-refractivity contribution in [3.05, 3.63) is 53.3 Å². The fourth-order valence-electron chi connectivity index (χ4n) is 3.52. The number of aliphatic imine (C=N–C) groups is 1. The molecule has 1 N–H and O–H groups in total. The number of aromatic nitrogens is 2. The van der Waals surface area contributed by atoms with Gasteiger partial charge < -0.3 is 10.2 Å². The molecule has 1 aromatic heterocycles. The number of benzene rings is 1. The molecule has 1 atom stereocenters. The summed E-state index contributed by atoms with van der Waals surface area (Å²) >= 11 is 0. The highest BCUT2D eigenvalue weighted by atomic mass is 127. The summed E-state index contributed by atoms with van der Waals surface area (Å²) in [4.78, 5) is 9.03. The molecular weight excluding hydrogens is 487 g/mol. The zero-order valence-corrected chi connectivity index (χ0v) is 21.9. The van der Waals surface area contributed by atoms with Crippen molar-refractivity contribution in [2.75, 3.05) is 27.7 Å². The minimum Gasteiger partial charge on any atom is -0.356 e. The Morgan fingerprint density at radius 3 is 2.40 bits per heavy atom. The lowest BCUT2D eigenvalue weighted by Gasteiger charge is -2.26. The standard InChI is InChI=1S/C23H38N6.HI/c1-18(2)22-21(17-29(7)26-22)16-28(6)23(24-4)25-14-13-19(3)27(5)15-20-11-9-8-10-12-20;/h8-12,17-19H,13-16H2,1-7H3,(H,24,25);1H. The van der Waals surface area contributed by atoms with E-state index >= 15 is 0 Å². The number of guanidine groups is 1. The third-order valence-electron chi connectivity index (χ3n) is 5.34. The zero-order valence-electron chi connectivity index (χ0n) is 19.6. The van der Waals surface area contributed by atoms with Crippen LogP contribution in [0, 0.1) is 0 Å². The topological polar surface area (TPSA) is 48.7 Å². The van der Waals surface area contributed by atoms with E-state index < -0.39 is 0 Å². The average Bonchev–Trinajstić information content (AvgIpc) is 3.06. The van der Waals surface area contributed by atoms with Gasteiger partial charge >= 0.3 is 0 Å². The van der Waals surface area contributed by atoms with Crippen molar-refractivity contribution in [1.29, 1.82) is 0 Å². The van der Waals surface area contributed by atoms with Gasteiger partial charge in [0.05, 0.1) is 5.69 Å². The summed E-state index contributed by atoms with van der Waals surface area (Å²) < 4.78 is 1.90. The summed E-state index contributed by atoms with van der Waals surface area (Å²) in [6.07, 6.45) is 3.17. The quantitative estimate of drug-likeness (QED) is 0.304. The SMILES string of the molecule is CN=C(NCCC(C)N(C)Cc1ccccc1)N(C)Cc1cn(C)nc1C(C)C.I. The van der Waals surface area contributed by atoms with Crippen LogP contribution in [0.4, 0.5) is 0 Å². The molecule has 7 heteroatoms. The van der Waals surface area contributed by atoms with Gasteiger partial charge in [0.1, 0.15) is 0 Å². The number of hydrogen-bond acceptors (Lipinski definition) is 3. The summed E-state index contributed by atoms with van der Waals surface area (Å²) in [5, 5.41) is 8.13. The molecule has 0 saturated carbocycles. The fraction of sp³-hybridized carbons (Fsp3) is 0.565. The predicted octanol–water partition coefficient (Wildman–Crippen LogP) is 4.08. The molecule has 1 unspecified atom stereocenters. The minimum absolute atomic E-state index is 0. The van der Waals surface area contributed by atoms with Gasteiger partial charge in [0, 0.05) is 58.6 Å². The van der Waals surface area contributed by atoms with Gasteiger partial charge in [-0.25, -0.2) is 0 Å². The summed E-state index contributed by atoms with van der Waals surface area (Å²) in [5.41, 5.74) is 3.76. The van der Waals surface area contributed by atoms with E-state index in [1.54, 1.807) is 0 Å². The van der Waals surface area contributed by atoms with E-state index in [4.69, 9.17) is 0 Å². The van der Waals surface area contributed by atoms with Crippen LogP contribution in [0.5, 0.6) is 0 Å². The Bertz CT molecular complexity index is 771. The van der Waals surface area contributed by atoms with Crippen molar-refractivity contribution in [3.63, 3.8) is 0 Å². The van der Waals surface area contributed by atoms with Crippen LogP contribution in [0.2, 0.25) is 0 Å². The number of hydrogen-bond donors (Lipinski definition) is 1. The summed E-state index contributed by atoms with van der Waals surface area (Å²) in [6.45, 7) is 9.31. The average molecular weight is 527 g/mol. The van der Waals surface area contributed by atoms with Crippen molar-refractivity contribution in [2.45, 2.75) is 52.2 Å². The Kier molecular flexibility index (Phi) is 11.4. The van der Waals surface area contributed by atoms with Gasteiger partial charge in [0.2, 0.25) is 0 Å². The molecule has 2 rings (SSSR count). The van der Waals surface area contributed by atoms with Crippen LogP contribution in [0.25, 0.3) is 0 Å². The first-order chi connectivity index (χ1) is 13.8. The lowest BCUT2D eigenvalue weighted by molar-refractivity contribution is 0.238. The number of aryl methyl sites for hydroxylation is 1. The normalized spacial score (nSPS) is 12.8. The molecule has 1 heterocycles.